The third-order valence-electron chi connectivity index (χ3n) is 3.84. The fourth-order valence-corrected chi connectivity index (χ4v) is 2.69. The van der Waals surface area contributed by atoms with E-state index in [0.29, 0.717) is 13.0 Å². The van der Waals surface area contributed by atoms with Crippen LogP contribution in [0, 0.1) is 17.6 Å². The molecule has 23 heavy (non-hydrogen) atoms. The van der Waals surface area contributed by atoms with E-state index in [-0.39, 0.29) is 24.4 Å². The van der Waals surface area contributed by atoms with Crippen LogP contribution in [0.5, 0.6) is 0 Å². The van der Waals surface area contributed by atoms with E-state index in [1.165, 1.54) is 4.90 Å². The summed E-state index contributed by atoms with van der Waals surface area (Å²) >= 11 is 0. The first-order valence-electron chi connectivity index (χ1n) is 7.75. The number of likely N-dealkylation sites (tertiary alicyclic amines) is 1. The van der Waals surface area contributed by atoms with Crippen LogP contribution >= 0.6 is 0 Å². The second-order valence-electron chi connectivity index (χ2n) is 6.98. The maximum absolute atomic E-state index is 13.8. The van der Waals surface area contributed by atoms with Crippen molar-refractivity contribution in [3.63, 3.8) is 0 Å². The number of ether oxygens (including phenoxy) is 1. The Morgan fingerprint density at radius 2 is 2.09 bits per heavy atom. The predicted molar refractivity (Wildman–Crippen MR) is 82.0 cm³/mol. The van der Waals surface area contributed by atoms with Gasteiger partial charge in [-0.2, -0.15) is 0 Å². The molecule has 0 spiro atoms. The highest BCUT2D eigenvalue weighted by Crippen LogP contribution is 2.24. The minimum absolute atomic E-state index is 0.171. The van der Waals surface area contributed by atoms with Gasteiger partial charge >= 0.3 is 6.09 Å². The van der Waals surface area contributed by atoms with Crippen LogP contribution < -0.4 is 0 Å². The molecule has 2 atom stereocenters. The van der Waals surface area contributed by atoms with Gasteiger partial charge in [0, 0.05) is 19.0 Å². The summed E-state index contributed by atoms with van der Waals surface area (Å²) in [6, 6.07) is 3.27. The number of piperidine rings is 1. The number of aliphatic hydroxyl groups is 1. The summed E-state index contributed by atoms with van der Waals surface area (Å²) in [6.45, 7) is 5.99. The van der Waals surface area contributed by atoms with Crippen molar-refractivity contribution < 1.29 is 23.4 Å². The second kappa shape index (κ2) is 6.83. The zero-order chi connectivity index (χ0) is 17.2. The van der Waals surface area contributed by atoms with Gasteiger partial charge in [0.05, 0.1) is 6.10 Å². The topological polar surface area (TPSA) is 49.8 Å². The van der Waals surface area contributed by atoms with Crippen LogP contribution in [0.25, 0.3) is 0 Å². The molecule has 0 radical (unpaired) electrons. The zero-order valence-electron chi connectivity index (χ0n) is 13.7. The maximum Gasteiger partial charge on any atom is 0.410 e. The molecule has 6 heteroatoms. The van der Waals surface area contributed by atoms with Crippen molar-refractivity contribution in [2.75, 3.05) is 13.1 Å². The first-order chi connectivity index (χ1) is 10.7. The maximum atomic E-state index is 13.8. The number of halogens is 2. The summed E-state index contributed by atoms with van der Waals surface area (Å²) in [5.41, 5.74) is -0.391. The molecule has 0 aromatic heterocycles. The van der Waals surface area contributed by atoms with Crippen molar-refractivity contribution in [2.45, 2.75) is 45.3 Å². The van der Waals surface area contributed by atoms with Crippen molar-refractivity contribution in [1.82, 2.24) is 4.90 Å². The van der Waals surface area contributed by atoms with Gasteiger partial charge < -0.3 is 14.7 Å². The zero-order valence-corrected chi connectivity index (χ0v) is 13.7. The van der Waals surface area contributed by atoms with Crippen molar-refractivity contribution in [3.05, 3.63) is 35.4 Å². The van der Waals surface area contributed by atoms with Gasteiger partial charge in [0.15, 0.2) is 0 Å². The average molecular weight is 327 g/mol. The van der Waals surface area contributed by atoms with Crippen LogP contribution in [0.2, 0.25) is 0 Å². The Balaban J connectivity index is 2.06. The first-order valence-corrected chi connectivity index (χ1v) is 7.75. The molecule has 0 aliphatic carbocycles. The highest BCUT2D eigenvalue weighted by atomic mass is 19.1. The monoisotopic (exact) mass is 327 g/mol. The number of rotatable bonds is 2. The van der Waals surface area contributed by atoms with Gasteiger partial charge in [-0.15, -0.1) is 0 Å². The van der Waals surface area contributed by atoms with Crippen molar-refractivity contribution in [3.8, 4) is 0 Å². The van der Waals surface area contributed by atoms with Crippen LogP contribution in [0.15, 0.2) is 18.2 Å². The summed E-state index contributed by atoms with van der Waals surface area (Å²) in [6.07, 6.45) is -0.546. The molecule has 0 bridgehead atoms. The molecule has 128 valence electrons. The van der Waals surface area contributed by atoms with Gasteiger partial charge in [-0.1, -0.05) is 0 Å². The molecule has 2 rings (SSSR count). The lowest BCUT2D eigenvalue weighted by Crippen LogP contribution is -2.48. The number of amides is 1. The molecule has 1 aromatic rings. The Morgan fingerprint density at radius 3 is 2.74 bits per heavy atom. The lowest BCUT2D eigenvalue weighted by molar-refractivity contribution is -0.00836. The molecule has 1 heterocycles. The van der Waals surface area contributed by atoms with Gasteiger partial charge in [-0.25, -0.2) is 13.6 Å². The molecule has 2 unspecified atom stereocenters. The third-order valence-corrected chi connectivity index (χ3v) is 3.84. The summed E-state index contributed by atoms with van der Waals surface area (Å²) in [5.74, 6) is -1.38. The molecular weight excluding hydrogens is 304 g/mol. The first kappa shape index (κ1) is 17.7. The Morgan fingerprint density at radius 1 is 1.39 bits per heavy atom. The molecule has 0 saturated carbocycles. The number of aliphatic hydroxyl groups excluding tert-OH is 1. The number of hydrogen-bond acceptors (Lipinski definition) is 3. The van der Waals surface area contributed by atoms with E-state index in [2.05, 4.69) is 0 Å². The highest BCUT2D eigenvalue weighted by molar-refractivity contribution is 5.68. The molecule has 1 saturated heterocycles. The van der Waals surface area contributed by atoms with E-state index in [1.807, 2.05) is 0 Å². The Hall–Kier alpha value is -1.69. The van der Waals surface area contributed by atoms with E-state index >= 15 is 0 Å². The molecule has 1 aromatic carbocycles. The number of carbonyl (C=O) groups is 1. The lowest BCUT2D eigenvalue weighted by atomic mass is 9.88. The molecule has 1 N–H and O–H groups in total. The Kier molecular flexibility index (Phi) is 5.24. The fourth-order valence-electron chi connectivity index (χ4n) is 2.69. The largest absolute Gasteiger partial charge is 0.444 e. The van der Waals surface area contributed by atoms with Crippen LogP contribution in [-0.4, -0.2) is 40.9 Å². The summed E-state index contributed by atoms with van der Waals surface area (Å²) in [7, 11) is 0. The van der Waals surface area contributed by atoms with Gasteiger partial charge in [0.1, 0.15) is 17.2 Å². The van der Waals surface area contributed by atoms with Gasteiger partial charge in [0.25, 0.3) is 0 Å². The molecular formula is C17H23F2NO3. The van der Waals surface area contributed by atoms with E-state index in [1.54, 1.807) is 20.8 Å². The molecule has 1 amide bonds. The minimum atomic E-state index is -0.656. The van der Waals surface area contributed by atoms with E-state index in [0.717, 1.165) is 18.2 Å². The smallest absolute Gasteiger partial charge is 0.410 e. The molecule has 1 fully saturated rings. The molecule has 1 aliphatic rings. The molecule has 4 nitrogen and oxygen atoms in total. The van der Waals surface area contributed by atoms with Crippen molar-refractivity contribution in [1.29, 1.82) is 0 Å². The van der Waals surface area contributed by atoms with Crippen LogP contribution in [0.4, 0.5) is 13.6 Å². The minimum Gasteiger partial charge on any atom is -0.444 e. The second-order valence-corrected chi connectivity index (χ2v) is 6.98. The third kappa shape index (κ3) is 4.89. The fraction of sp³-hybridized carbons (Fsp3) is 0.588. The van der Waals surface area contributed by atoms with Crippen molar-refractivity contribution in [2.24, 2.45) is 5.92 Å². The van der Waals surface area contributed by atoms with Gasteiger partial charge in [0.2, 0.25) is 0 Å². The van der Waals surface area contributed by atoms with E-state index in [9.17, 15) is 18.7 Å². The number of nitrogens with zero attached hydrogens (tertiary/aromatic N) is 1. The van der Waals surface area contributed by atoms with Gasteiger partial charge in [-0.05, 0) is 57.4 Å². The quantitative estimate of drug-likeness (QED) is 0.908. The Labute approximate surface area is 135 Å². The lowest BCUT2D eigenvalue weighted by Gasteiger charge is -2.37. The van der Waals surface area contributed by atoms with Crippen LogP contribution in [0.1, 0.15) is 32.8 Å². The average Bonchev–Trinajstić information content (AvgIpc) is 2.43. The van der Waals surface area contributed by atoms with Crippen molar-refractivity contribution >= 4 is 6.09 Å². The summed E-state index contributed by atoms with van der Waals surface area (Å²) in [4.78, 5) is 13.6. The van der Waals surface area contributed by atoms with E-state index in [4.69, 9.17) is 4.74 Å². The highest BCUT2D eigenvalue weighted by Gasteiger charge is 2.33. The normalized spacial score (nSPS) is 22.1. The Bertz CT molecular complexity index is 571. The van der Waals surface area contributed by atoms with Crippen LogP contribution in [-0.2, 0) is 11.2 Å². The standard InChI is InChI=1S/C17H23F2NO3/c1-17(2,3)23-16(22)20-7-6-15(21)12(10-20)8-11-9-13(18)4-5-14(11)19/h4-5,9,12,15,21H,6-8,10H2,1-3H3. The number of hydrogen-bond donors (Lipinski definition) is 1. The molecule has 1 aliphatic heterocycles. The van der Waals surface area contributed by atoms with E-state index < -0.39 is 29.4 Å². The number of benzene rings is 1. The SMILES string of the molecule is CC(C)(C)OC(=O)N1CCC(O)C(Cc2cc(F)ccc2F)C1. The summed E-state index contributed by atoms with van der Waals surface area (Å²) < 4.78 is 32.4. The van der Waals surface area contributed by atoms with Gasteiger partial charge in [-0.3, -0.25) is 0 Å². The predicted octanol–water partition coefficient (Wildman–Crippen LogP) is 3.13. The summed E-state index contributed by atoms with van der Waals surface area (Å²) in [5, 5.41) is 10.1. The number of carbonyl (C=O) groups excluding carboxylic acids is 1. The van der Waals surface area contributed by atoms with Crippen LogP contribution in [0.3, 0.4) is 0 Å².